The van der Waals surface area contributed by atoms with Gasteiger partial charge in [-0.05, 0) is 24.8 Å². The summed E-state index contributed by atoms with van der Waals surface area (Å²) in [7, 11) is 1.55. The summed E-state index contributed by atoms with van der Waals surface area (Å²) in [5, 5.41) is 4.03. The Morgan fingerprint density at radius 3 is 3.17 bits per heavy atom. The Morgan fingerprint density at radius 1 is 1.61 bits per heavy atom. The number of alkyl halides is 1. The highest BCUT2D eigenvalue weighted by Gasteiger charge is 2.28. The van der Waals surface area contributed by atoms with Crippen LogP contribution in [0.25, 0.3) is 0 Å². The summed E-state index contributed by atoms with van der Waals surface area (Å²) >= 11 is 3.50. The molecule has 0 aliphatic heterocycles. The van der Waals surface area contributed by atoms with Crippen LogP contribution in [0, 0.1) is 5.92 Å². The van der Waals surface area contributed by atoms with Crippen molar-refractivity contribution in [2.45, 2.75) is 25.3 Å². The zero-order chi connectivity index (χ0) is 13.0. The normalized spacial score (nSPS) is 22.8. The predicted molar refractivity (Wildman–Crippen MR) is 73.2 cm³/mol. The molecule has 4 nitrogen and oxygen atoms in total. The molecular weight excluding hydrogens is 296 g/mol. The predicted octanol–water partition coefficient (Wildman–Crippen LogP) is 2.38. The van der Waals surface area contributed by atoms with E-state index in [1.54, 1.807) is 25.6 Å². The Balaban J connectivity index is 2.07. The Hall–Kier alpha value is -1.10. The number of carbonyl (C=O) groups is 1. The second-order valence-corrected chi connectivity index (χ2v) is 5.15. The van der Waals surface area contributed by atoms with E-state index in [0.29, 0.717) is 17.2 Å². The standard InChI is InChI=1S/C13H17BrN2O2/c1-18-12-8-15-6-5-10(12)13(17)16-11-4-2-3-9(11)7-14/h5-6,8-9,11H,2-4,7H2,1H3,(H,16,17). The molecule has 5 heteroatoms. The molecule has 0 radical (unpaired) electrons. The van der Waals surface area contributed by atoms with Gasteiger partial charge in [0.1, 0.15) is 5.75 Å². The molecule has 0 aromatic carbocycles. The topological polar surface area (TPSA) is 51.2 Å². The Morgan fingerprint density at radius 2 is 2.44 bits per heavy atom. The number of hydrogen-bond acceptors (Lipinski definition) is 3. The number of nitrogens with zero attached hydrogens (tertiary/aromatic N) is 1. The zero-order valence-corrected chi connectivity index (χ0v) is 11.9. The number of amides is 1. The van der Waals surface area contributed by atoms with E-state index in [4.69, 9.17) is 4.74 Å². The van der Waals surface area contributed by atoms with E-state index >= 15 is 0 Å². The third-order valence-corrected chi connectivity index (χ3v) is 4.25. The Labute approximate surface area is 115 Å². The van der Waals surface area contributed by atoms with E-state index in [0.717, 1.165) is 11.8 Å². The molecule has 1 aromatic rings. The molecule has 1 saturated carbocycles. The molecule has 0 bridgehead atoms. The van der Waals surface area contributed by atoms with Crippen molar-refractivity contribution in [3.05, 3.63) is 24.0 Å². The van der Waals surface area contributed by atoms with E-state index in [-0.39, 0.29) is 11.9 Å². The number of hydrogen-bond donors (Lipinski definition) is 1. The summed E-state index contributed by atoms with van der Waals surface area (Å²) < 4.78 is 5.15. The van der Waals surface area contributed by atoms with Gasteiger partial charge in [-0.25, -0.2) is 0 Å². The number of methoxy groups -OCH3 is 1. The van der Waals surface area contributed by atoms with Crippen LogP contribution in [0.4, 0.5) is 0 Å². The molecule has 0 spiro atoms. The highest BCUT2D eigenvalue weighted by Crippen LogP contribution is 2.27. The Kier molecular flexibility index (Phi) is 4.58. The number of pyridine rings is 1. The minimum absolute atomic E-state index is 0.0768. The molecule has 1 aliphatic rings. The fourth-order valence-electron chi connectivity index (χ4n) is 2.39. The summed E-state index contributed by atoms with van der Waals surface area (Å²) in [5.74, 6) is 0.970. The van der Waals surface area contributed by atoms with Crippen LogP contribution >= 0.6 is 15.9 Å². The van der Waals surface area contributed by atoms with Crippen LogP contribution in [0.1, 0.15) is 29.6 Å². The fraction of sp³-hybridized carbons (Fsp3) is 0.538. The number of carbonyl (C=O) groups excluding carboxylic acids is 1. The molecule has 2 unspecified atom stereocenters. The monoisotopic (exact) mass is 312 g/mol. The smallest absolute Gasteiger partial charge is 0.255 e. The molecule has 2 atom stereocenters. The average Bonchev–Trinajstić information content (AvgIpc) is 2.85. The van der Waals surface area contributed by atoms with Crippen LogP contribution in [0.5, 0.6) is 5.75 Å². The van der Waals surface area contributed by atoms with Crippen molar-refractivity contribution in [1.82, 2.24) is 10.3 Å². The maximum atomic E-state index is 12.2. The maximum absolute atomic E-state index is 12.2. The molecular formula is C13H17BrN2O2. The highest BCUT2D eigenvalue weighted by atomic mass is 79.9. The van der Waals surface area contributed by atoms with Gasteiger partial charge in [-0.1, -0.05) is 22.4 Å². The quantitative estimate of drug-likeness (QED) is 0.868. The summed E-state index contributed by atoms with van der Waals surface area (Å²) in [4.78, 5) is 16.2. The zero-order valence-electron chi connectivity index (χ0n) is 10.4. The molecule has 1 aromatic heterocycles. The van der Waals surface area contributed by atoms with Gasteiger partial charge in [0.25, 0.3) is 5.91 Å². The number of ether oxygens (including phenoxy) is 1. The first-order chi connectivity index (χ1) is 8.76. The first-order valence-electron chi connectivity index (χ1n) is 6.11. The van der Waals surface area contributed by atoms with Gasteiger partial charge >= 0.3 is 0 Å². The van der Waals surface area contributed by atoms with Crippen LogP contribution in [-0.4, -0.2) is 29.4 Å². The minimum atomic E-state index is -0.0768. The van der Waals surface area contributed by atoms with Crippen molar-refractivity contribution in [2.75, 3.05) is 12.4 Å². The lowest BCUT2D eigenvalue weighted by Crippen LogP contribution is -2.38. The molecule has 98 valence electrons. The van der Waals surface area contributed by atoms with Crippen molar-refractivity contribution in [3.8, 4) is 5.75 Å². The van der Waals surface area contributed by atoms with E-state index in [1.165, 1.54) is 12.8 Å². The molecule has 18 heavy (non-hydrogen) atoms. The fourth-order valence-corrected chi connectivity index (χ4v) is 3.16. The first-order valence-corrected chi connectivity index (χ1v) is 7.23. The van der Waals surface area contributed by atoms with Gasteiger partial charge in [0, 0.05) is 17.6 Å². The minimum Gasteiger partial charge on any atom is -0.494 e. The molecule has 1 heterocycles. The average molecular weight is 313 g/mol. The van der Waals surface area contributed by atoms with Crippen LogP contribution in [-0.2, 0) is 0 Å². The van der Waals surface area contributed by atoms with Crippen LogP contribution < -0.4 is 10.1 Å². The second-order valence-electron chi connectivity index (χ2n) is 4.50. The van der Waals surface area contributed by atoms with E-state index < -0.39 is 0 Å². The number of rotatable bonds is 4. The van der Waals surface area contributed by atoms with Crippen LogP contribution in [0.3, 0.4) is 0 Å². The van der Waals surface area contributed by atoms with Gasteiger partial charge in [-0.2, -0.15) is 0 Å². The Bertz CT molecular complexity index is 425. The SMILES string of the molecule is COc1cnccc1C(=O)NC1CCCC1CBr. The molecule has 1 N–H and O–H groups in total. The van der Waals surface area contributed by atoms with Gasteiger partial charge in [0.15, 0.2) is 0 Å². The largest absolute Gasteiger partial charge is 0.494 e. The number of nitrogens with one attached hydrogen (secondary N) is 1. The van der Waals surface area contributed by atoms with E-state index in [1.807, 2.05) is 0 Å². The van der Waals surface area contributed by atoms with Gasteiger partial charge in [-0.3, -0.25) is 9.78 Å². The molecule has 2 rings (SSSR count). The van der Waals surface area contributed by atoms with Crippen LogP contribution in [0.2, 0.25) is 0 Å². The van der Waals surface area contributed by atoms with E-state index in [2.05, 4.69) is 26.2 Å². The number of aromatic nitrogens is 1. The summed E-state index contributed by atoms with van der Waals surface area (Å²) in [6.07, 6.45) is 6.56. The maximum Gasteiger partial charge on any atom is 0.255 e. The highest BCUT2D eigenvalue weighted by molar-refractivity contribution is 9.09. The van der Waals surface area contributed by atoms with Crippen molar-refractivity contribution in [3.63, 3.8) is 0 Å². The second kappa shape index (κ2) is 6.18. The number of halogens is 1. The van der Waals surface area contributed by atoms with Gasteiger partial charge in [0.05, 0.1) is 18.9 Å². The third kappa shape index (κ3) is 2.83. The van der Waals surface area contributed by atoms with E-state index in [9.17, 15) is 4.79 Å². The summed E-state index contributed by atoms with van der Waals surface area (Å²) in [6, 6.07) is 1.95. The lowest BCUT2D eigenvalue weighted by molar-refractivity contribution is 0.0927. The summed E-state index contributed by atoms with van der Waals surface area (Å²) in [6.45, 7) is 0. The van der Waals surface area contributed by atoms with Crippen molar-refractivity contribution >= 4 is 21.8 Å². The lowest BCUT2D eigenvalue weighted by Gasteiger charge is -2.19. The molecule has 1 aliphatic carbocycles. The van der Waals surface area contributed by atoms with Gasteiger partial charge in [-0.15, -0.1) is 0 Å². The van der Waals surface area contributed by atoms with Crippen molar-refractivity contribution in [1.29, 1.82) is 0 Å². The third-order valence-electron chi connectivity index (χ3n) is 3.42. The molecule has 1 fully saturated rings. The first kappa shape index (κ1) is 13.3. The lowest BCUT2D eigenvalue weighted by atomic mass is 10.1. The van der Waals surface area contributed by atoms with Crippen molar-refractivity contribution < 1.29 is 9.53 Å². The summed E-state index contributed by atoms with van der Waals surface area (Å²) in [5.41, 5.74) is 0.549. The van der Waals surface area contributed by atoms with Gasteiger partial charge < -0.3 is 10.1 Å². The molecule has 1 amide bonds. The molecule has 0 saturated heterocycles. The van der Waals surface area contributed by atoms with Crippen LogP contribution in [0.15, 0.2) is 18.5 Å². The van der Waals surface area contributed by atoms with Gasteiger partial charge in [0.2, 0.25) is 0 Å². The van der Waals surface area contributed by atoms with Crippen molar-refractivity contribution in [2.24, 2.45) is 5.92 Å².